The molecule has 0 bridgehead atoms. The maximum atomic E-state index is 12.3. The van der Waals surface area contributed by atoms with E-state index in [1.807, 2.05) is 6.07 Å². The summed E-state index contributed by atoms with van der Waals surface area (Å²) in [5, 5.41) is 9.06. The summed E-state index contributed by atoms with van der Waals surface area (Å²) >= 11 is 0. The summed E-state index contributed by atoms with van der Waals surface area (Å²) in [7, 11) is -0.524. The number of hydrogen-bond donors (Lipinski definition) is 0. The summed E-state index contributed by atoms with van der Waals surface area (Å²) in [5.74, 6) is 0. The molecule has 0 aliphatic carbocycles. The molecule has 0 radical (unpaired) electrons. The predicted molar refractivity (Wildman–Crippen MR) is 62.7 cm³/mol. The first kappa shape index (κ1) is 16.6. The van der Waals surface area contributed by atoms with Crippen molar-refractivity contribution >= 4 is 7.60 Å². The molecule has 1 unspecified atom stereocenters. The van der Waals surface area contributed by atoms with Gasteiger partial charge in [0.05, 0.1) is 19.3 Å². The molecule has 6 nitrogen and oxygen atoms in total. The van der Waals surface area contributed by atoms with Crippen LogP contribution in [0.15, 0.2) is 0 Å². The summed E-state index contributed by atoms with van der Waals surface area (Å²) in [5.41, 5.74) is -0.896. The average molecular weight is 265 g/mol. The van der Waals surface area contributed by atoms with Crippen LogP contribution in [0, 0.1) is 11.3 Å². The molecule has 0 aliphatic heterocycles. The molecule has 7 heteroatoms. The van der Waals surface area contributed by atoms with E-state index in [1.54, 1.807) is 13.8 Å². The van der Waals surface area contributed by atoms with Crippen LogP contribution in [0.1, 0.15) is 20.3 Å². The van der Waals surface area contributed by atoms with Gasteiger partial charge in [-0.05, 0) is 13.8 Å². The second-order valence-corrected chi connectivity index (χ2v) is 5.38. The van der Waals surface area contributed by atoms with Gasteiger partial charge in [-0.3, -0.25) is 4.57 Å². The van der Waals surface area contributed by atoms with Crippen molar-refractivity contribution in [1.29, 1.82) is 5.26 Å². The summed E-state index contributed by atoms with van der Waals surface area (Å²) in [6.45, 7) is 3.84. The maximum absolute atomic E-state index is 12.3. The van der Waals surface area contributed by atoms with Gasteiger partial charge < -0.3 is 18.5 Å². The lowest BCUT2D eigenvalue weighted by Gasteiger charge is -2.23. The van der Waals surface area contributed by atoms with E-state index in [4.69, 9.17) is 23.8 Å². The minimum atomic E-state index is -3.43. The molecule has 100 valence electrons. The quantitative estimate of drug-likeness (QED) is 0.469. The number of ether oxygens (including phenoxy) is 2. The maximum Gasteiger partial charge on any atom is 0.347 e. The second-order valence-electron chi connectivity index (χ2n) is 3.16. The molecular weight excluding hydrogens is 245 g/mol. The Morgan fingerprint density at radius 2 is 1.65 bits per heavy atom. The highest BCUT2D eigenvalue weighted by Crippen LogP contribution is 2.54. The van der Waals surface area contributed by atoms with E-state index in [9.17, 15) is 4.57 Å². The van der Waals surface area contributed by atoms with Crippen molar-refractivity contribution in [3.8, 4) is 6.07 Å². The molecule has 0 amide bonds. The predicted octanol–water partition coefficient (Wildman–Crippen LogP) is 2.15. The molecule has 0 aromatic carbocycles. The fourth-order valence-corrected chi connectivity index (χ4v) is 3.03. The number of nitriles is 1. The lowest BCUT2D eigenvalue weighted by molar-refractivity contribution is -0.105. The Balaban J connectivity index is 4.79. The highest BCUT2D eigenvalue weighted by molar-refractivity contribution is 7.55. The van der Waals surface area contributed by atoms with Gasteiger partial charge in [0.15, 0.2) is 11.9 Å². The van der Waals surface area contributed by atoms with E-state index in [2.05, 4.69) is 0 Å². The lowest BCUT2D eigenvalue weighted by Crippen LogP contribution is -2.22. The van der Waals surface area contributed by atoms with E-state index >= 15 is 0 Å². The van der Waals surface area contributed by atoms with Crippen molar-refractivity contribution in [3.05, 3.63) is 0 Å². The van der Waals surface area contributed by atoms with Crippen LogP contribution in [0.25, 0.3) is 0 Å². The summed E-state index contributed by atoms with van der Waals surface area (Å²) in [6, 6.07) is 1.94. The third kappa shape index (κ3) is 5.15. The first-order valence-electron chi connectivity index (χ1n) is 5.41. The Morgan fingerprint density at radius 3 is 1.94 bits per heavy atom. The van der Waals surface area contributed by atoms with Gasteiger partial charge in [-0.1, -0.05) is 0 Å². The van der Waals surface area contributed by atoms with Crippen molar-refractivity contribution in [2.24, 2.45) is 0 Å². The molecular formula is C10H20NO5P. The third-order valence-electron chi connectivity index (χ3n) is 2.09. The molecule has 0 fully saturated rings. The SMILES string of the molecule is CCOP(=O)(OCC)C(C#N)CC(OC)OC. The number of nitrogens with zero attached hydrogens (tertiary/aromatic N) is 1. The number of methoxy groups -OCH3 is 2. The fourth-order valence-electron chi connectivity index (χ4n) is 1.30. The average Bonchev–Trinajstić information content (AvgIpc) is 2.31. The van der Waals surface area contributed by atoms with Gasteiger partial charge in [0.1, 0.15) is 0 Å². The van der Waals surface area contributed by atoms with Crippen molar-refractivity contribution in [1.82, 2.24) is 0 Å². The van der Waals surface area contributed by atoms with E-state index in [1.165, 1.54) is 14.2 Å². The minimum absolute atomic E-state index is 0.140. The van der Waals surface area contributed by atoms with Gasteiger partial charge >= 0.3 is 7.60 Å². The first-order chi connectivity index (χ1) is 8.07. The smallest absolute Gasteiger partial charge is 0.347 e. The van der Waals surface area contributed by atoms with E-state index in [0.717, 1.165) is 0 Å². The largest absolute Gasteiger partial charge is 0.356 e. The zero-order chi connectivity index (χ0) is 13.3. The first-order valence-corrected chi connectivity index (χ1v) is 7.03. The molecule has 0 spiro atoms. The Kier molecular flexibility index (Phi) is 8.40. The van der Waals surface area contributed by atoms with E-state index in [0.29, 0.717) is 0 Å². The monoisotopic (exact) mass is 265 g/mol. The standard InChI is InChI=1S/C10H20NO5P/c1-5-15-17(12,16-6-2)9(8-11)7-10(13-3)14-4/h9-10H,5-7H2,1-4H3. The third-order valence-corrected chi connectivity index (χ3v) is 4.42. The molecule has 0 saturated heterocycles. The van der Waals surface area contributed by atoms with Crippen LogP contribution in [-0.2, 0) is 23.1 Å². The summed E-state index contributed by atoms with van der Waals surface area (Å²) in [6.07, 6.45) is -0.463. The molecule has 0 aromatic heterocycles. The highest BCUT2D eigenvalue weighted by atomic mass is 31.2. The molecule has 0 N–H and O–H groups in total. The van der Waals surface area contributed by atoms with Crippen LogP contribution in [0.3, 0.4) is 0 Å². The van der Waals surface area contributed by atoms with Gasteiger partial charge in [0, 0.05) is 20.6 Å². The van der Waals surface area contributed by atoms with Crippen LogP contribution in [0.2, 0.25) is 0 Å². The second kappa shape index (κ2) is 8.62. The normalized spacial score (nSPS) is 13.6. The molecule has 1 atom stereocenters. The summed E-state index contributed by atoms with van der Waals surface area (Å²) < 4.78 is 32.5. The topological polar surface area (TPSA) is 77.8 Å². The lowest BCUT2D eigenvalue weighted by atomic mass is 10.3. The van der Waals surface area contributed by atoms with E-state index < -0.39 is 19.5 Å². The van der Waals surface area contributed by atoms with Gasteiger partial charge in [0.25, 0.3) is 0 Å². The van der Waals surface area contributed by atoms with Crippen LogP contribution in [-0.4, -0.2) is 39.4 Å². The molecule has 0 aliphatic rings. The Labute approximate surface area is 102 Å². The van der Waals surface area contributed by atoms with Crippen molar-refractivity contribution in [2.45, 2.75) is 32.2 Å². The molecule has 0 aromatic rings. The van der Waals surface area contributed by atoms with Crippen molar-refractivity contribution in [2.75, 3.05) is 27.4 Å². The highest BCUT2D eigenvalue weighted by Gasteiger charge is 2.37. The van der Waals surface area contributed by atoms with Crippen LogP contribution in [0.4, 0.5) is 0 Å². The van der Waals surface area contributed by atoms with Gasteiger partial charge in [-0.2, -0.15) is 5.26 Å². The van der Waals surface area contributed by atoms with Gasteiger partial charge in [0.2, 0.25) is 0 Å². The zero-order valence-electron chi connectivity index (χ0n) is 10.7. The van der Waals surface area contributed by atoms with Crippen LogP contribution in [0.5, 0.6) is 0 Å². The van der Waals surface area contributed by atoms with Crippen LogP contribution >= 0.6 is 7.60 Å². The Morgan fingerprint density at radius 1 is 1.18 bits per heavy atom. The van der Waals surface area contributed by atoms with Crippen molar-refractivity contribution in [3.63, 3.8) is 0 Å². The van der Waals surface area contributed by atoms with Gasteiger partial charge in [-0.25, -0.2) is 0 Å². The number of rotatable bonds is 9. The molecule has 17 heavy (non-hydrogen) atoms. The van der Waals surface area contributed by atoms with Gasteiger partial charge in [-0.15, -0.1) is 0 Å². The zero-order valence-corrected chi connectivity index (χ0v) is 11.6. The Bertz CT molecular complexity index is 277. The number of hydrogen-bond acceptors (Lipinski definition) is 6. The summed E-state index contributed by atoms with van der Waals surface area (Å²) in [4.78, 5) is 0. The molecule has 0 heterocycles. The Hall–Kier alpha value is -0.440. The fraction of sp³-hybridized carbons (Fsp3) is 0.900. The molecule has 0 saturated carbocycles. The van der Waals surface area contributed by atoms with Crippen molar-refractivity contribution < 1.29 is 23.1 Å². The minimum Gasteiger partial charge on any atom is -0.356 e. The molecule has 0 rings (SSSR count). The van der Waals surface area contributed by atoms with E-state index in [-0.39, 0.29) is 19.6 Å². The van der Waals surface area contributed by atoms with Crippen LogP contribution < -0.4 is 0 Å².